The molecule has 2 rings (SSSR count). The summed E-state index contributed by atoms with van der Waals surface area (Å²) in [5, 5.41) is 6.62. The Morgan fingerprint density at radius 1 is 1.39 bits per heavy atom. The van der Waals surface area contributed by atoms with Crippen LogP contribution in [-0.2, 0) is 7.05 Å². The quantitative estimate of drug-likeness (QED) is 0.886. The molecule has 1 aromatic carbocycles. The summed E-state index contributed by atoms with van der Waals surface area (Å²) in [5.41, 5.74) is 1.62. The molecule has 1 amide bonds. The number of hydrogen-bond donors (Lipinski definition) is 1. The first-order valence-corrected chi connectivity index (χ1v) is 5.55. The fourth-order valence-corrected chi connectivity index (χ4v) is 1.63. The molecule has 0 fully saturated rings. The molecule has 94 valence electrons. The SMILES string of the molecule is Cc1cc(C(=O)Nc2ccnn2C)cc(F)c1C. The van der Waals surface area contributed by atoms with E-state index in [2.05, 4.69) is 10.4 Å². The van der Waals surface area contributed by atoms with Gasteiger partial charge in [-0.25, -0.2) is 4.39 Å². The summed E-state index contributed by atoms with van der Waals surface area (Å²) in [6.07, 6.45) is 1.58. The van der Waals surface area contributed by atoms with E-state index in [1.54, 1.807) is 39.2 Å². The van der Waals surface area contributed by atoms with Gasteiger partial charge in [0.1, 0.15) is 11.6 Å². The van der Waals surface area contributed by atoms with E-state index in [0.29, 0.717) is 16.9 Å². The third kappa shape index (κ3) is 2.25. The number of rotatable bonds is 2. The van der Waals surface area contributed by atoms with E-state index in [-0.39, 0.29) is 11.7 Å². The molecule has 0 saturated carbocycles. The molecule has 0 aliphatic heterocycles. The molecule has 0 saturated heterocycles. The van der Waals surface area contributed by atoms with Gasteiger partial charge in [-0.1, -0.05) is 0 Å². The zero-order valence-corrected chi connectivity index (χ0v) is 10.5. The van der Waals surface area contributed by atoms with Gasteiger partial charge >= 0.3 is 0 Å². The first-order chi connectivity index (χ1) is 8.49. The van der Waals surface area contributed by atoms with Gasteiger partial charge in [0.2, 0.25) is 0 Å². The minimum atomic E-state index is -0.370. The number of nitrogens with one attached hydrogen (secondary N) is 1. The highest BCUT2D eigenvalue weighted by Crippen LogP contribution is 2.16. The second-order valence-corrected chi connectivity index (χ2v) is 4.19. The summed E-state index contributed by atoms with van der Waals surface area (Å²) < 4.78 is 15.1. The predicted molar refractivity (Wildman–Crippen MR) is 67.0 cm³/mol. The van der Waals surface area contributed by atoms with Crippen LogP contribution < -0.4 is 5.32 Å². The zero-order valence-electron chi connectivity index (χ0n) is 10.5. The highest BCUT2D eigenvalue weighted by molar-refractivity contribution is 6.04. The molecule has 4 nitrogen and oxygen atoms in total. The second kappa shape index (κ2) is 4.60. The van der Waals surface area contributed by atoms with Crippen LogP contribution in [0.5, 0.6) is 0 Å². The lowest BCUT2D eigenvalue weighted by molar-refractivity contribution is 0.102. The fourth-order valence-electron chi connectivity index (χ4n) is 1.63. The van der Waals surface area contributed by atoms with Crippen molar-refractivity contribution in [2.75, 3.05) is 5.32 Å². The predicted octanol–water partition coefficient (Wildman–Crippen LogP) is 2.43. The second-order valence-electron chi connectivity index (χ2n) is 4.19. The minimum Gasteiger partial charge on any atom is -0.307 e. The van der Waals surface area contributed by atoms with Gasteiger partial charge in [0.15, 0.2) is 0 Å². The molecule has 0 spiro atoms. The Morgan fingerprint density at radius 2 is 2.11 bits per heavy atom. The molecule has 5 heteroatoms. The third-order valence-corrected chi connectivity index (χ3v) is 2.93. The van der Waals surface area contributed by atoms with Gasteiger partial charge in [-0.2, -0.15) is 5.10 Å². The van der Waals surface area contributed by atoms with E-state index in [4.69, 9.17) is 0 Å². The van der Waals surface area contributed by atoms with Crippen molar-refractivity contribution in [2.24, 2.45) is 7.05 Å². The molecular weight excluding hydrogens is 233 g/mol. The monoisotopic (exact) mass is 247 g/mol. The zero-order chi connectivity index (χ0) is 13.3. The van der Waals surface area contributed by atoms with Crippen LogP contribution in [0.15, 0.2) is 24.4 Å². The van der Waals surface area contributed by atoms with Gasteiger partial charge in [-0.05, 0) is 37.1 Å². The molecule has 1 aromatic heterocycles. The molecule has 1 N–H and O–H groups in total. The number of carbonyl (C=O) groups excluding carboxylic acids is 1. The minimum absolute atomic E-state index is 0.303. The maximum absolute atomic E-state index is 13.6. The van der Waals surface area contributed by atoms with E-state index in [0.717, 1.165) is 5.56 Å². The van der Waals surface area contributed by atoms with Crippen molar-refractivity contribution in [3.8, 4) is 0 Å². The van der Waals surface area contributed by atoms with Crippen molar-refractivity contribution in [3.05, 3.63) is 46.9 Å². The smallest absolute Gasteiger partial charge is 0.256 e. The Kier molecular flexibility index (Phi) is 3.14. The fraction of sp³-hybridized carbons (Fsp3) is 0.231. The third-order valence-electron chi connectivity index (χ3n) is 2.93. The molecule has 18 heavy (non-hydrogen) atoms. The Bertz CT molecular complexity index is 581. The molecule has 0 radical (unpaired) electrons. The molecule has 0 atom stereocenters. The van der Waals surface area contributed by atoms with Crippen molar-refractivity contribution in [1.82, 2.24) is 9.78 Å². The van der Waals surface area contributed by atoms with Gasteiger partial charge in [0.25, 0.3) is 5.91 Å². The summed E-state index contributed by atoms with van der Waals surface area (Å²) in [6, 6.07) is 4.59. The van der Waals surface area contributed by atoms with Gasteiger partial charge in [0.05, 0.1) is 6.20 Å². The van der Waals surface area contributed by atoms with Crippen molar-refractivity contribution in [1.29, 1.82) is 0 Å². The summed E-state index contributed by atoms with van der Waals surface area (Å²) in [6.45, 7) is 3.47. The molecular formula is C13H14FN3O. The average Bonchev–Trinajstić information content (AvgIpc) is 2.71. The molecule has 0 aliphatic carbocycles. The lowest BCUT2D eigenvalue weighted by Gasteiger charge is -2.08. The highest BCUT2D eigenvalue weighted by Gasteiger charge is 2.12. The van der Waals surface area contributed by atoms with Crippen molar-refractivity contribution >= 4 is 11.7 Å². The van der Waals surface area contributed by atoms with E-state index in [1.807, 2.05) is 0 Å². The first-order valence-electron chi connectivity index (χ1n) is 5.55. The summed E-state index contributed by atoms with van der Waals surface area (Å²) in [5.74, 6) is -0.149. The van der Waals surface area contributed by atoms with Gasteiger partial charge in [-0.15, -0.1) is 0 Å². The van der Waals surface area contributed by atoms with Crippen LogP contribution in [-0.4, -0.2) is 15.7 Å². The molecule has 1 heterocycles. The molecule has 0 unspecified atom stereocenters. The Labute approximate surface area is 104 Å². The number of hydrogen-bond acceptors (Lipinski definition) is 2. The Balaban J connectivity index is 2.27. The number of amides is 1. The Hall–Kier alpha value is -2.17. The van der Waals surface area contributed by atoms with Gasteiger partial charge < -0.3 is 5.32 Å². The number of carbonyl (C=O) groups is 1. The average molecular weight is 247 g/mol. The molecule has 2 aromatic rings. The van der Waals surface area contributed by atoms with E-state index < -0.39 is 0 Å². The van der Waals surface area contributed by atoms with Crippen molar-refractivity contribution in [2.45, 2.75) is 13.8 Å². The van der Waals surface area contributed by atoms with Crippen LogP contribution >= 0.6 is 0 Å². The Morgan fingerprint density at radius 3 is 2.67 bits per heavy atom. The maximum Gasteiger partial charge on any atom is 0.256 e. The maximum atomic E-state index is 13.6. The van der Waals surface area contributed by atoms with E-state index in [9.17, 15) is 9.18 Å². The lowest BCUT2D eigenvalue weighted by atomic mass is 10.1. The van der Waals surface area contributed by atoms with Gasteiger partial charge in [-0.3, -0.25) is 9.48 Å². The standard InChI is InChI=1S/C13H14FN3O/c1-8-6-10(7-11(14)9(8)2)13(18)16-12-4-5-15-17(12)3/h4-7H,1-3H3,(H,16,18). The lowest BCUT2D eigenvalue weighted by Crippen LogP contribution is -2.15. The number of nitrogens with zero attached hydrogens (tertiary/aromatic N) is 2. The van der Waals surface area contributed by atoms with Crippen LogP contribution in [0.2, 0.25) is 0 Å². The van der Waals surface area contributed by atoms with Crippen LogP contribution in [0, 0.1) is 19.7 Å². The topological polar surface area (TPSA) is 46.9 Å². The number of aromatic nitrogens is 2. The normalized spacial score (nSPS) is 10.4. The largest absolute Gasteiger partial charge is 0.307 e. The number of benzene rings is 1. The van der Waals surface area contributed by atoms with Crippen LogP contribution in [0.4, 0.5) is 10.2 Å². The number of aryl methyl sites for hydroxylation is 2. The number of halogens is 1. The van der Waals surface area contributed by atoms with E-state index in [1.165, 1.54) is 10.7 Å². The summed E-state index contributed by atoms with van der Waals surface area (Å²) in [4.78, 5) is 12.0. The van der Waals surface area contributed by atoms with Crippen molar-refractivity contribution < 1.29 is 9.18 Å². The molecule has 0 bridgehead atoms. The van der Waals surface area contributed by atoms with Crippen molar-refractivity contribution in [3.63, 3.8) is 0 Å². The number of anilines is 1. The van der Waals surface area contributed by atoms with Crippen LogP contribution in [0.25, 0.3) is 0 Å². The summed E-state index contributed by atoms with van der Waals surface area (Å²) in [7, 11) is 1.72. The first kappa shape index (κ1) is 12.3. The van der Waals surface area contributed by atoms with Gasteiger partial charge in [0, 0.05) is 18.7 Å². The highest BCUT2D eigenvalue weighted by atomic mass is 19.1. The van der Waals surface area contributed by atoms with E-state index >= 15 is 0 Å². The van der Waals surface area contributed by atoms with Crippen LogP contribution in [0.3, 0.4) is 0 Å². The molecule has 0 aliphatic rings. The van der Waals surface area contributed by atoms with Crippen LogP contribution in [0.1, 0.15) is 21.5 Å². The summed E-state index contributed by atoms with van der Waals surface area (Å²) >= 11 is 0.